The lowest BCUT2D eigenvalue weighted by atomic mass is 10.1. The van der Waals surface area contributed by atoms with Gasteiger partial charge in [0, 0.05) is 32.7 Å². The molecule has 2 heterocycles. The van der Waals surface area contributed by atoms with E-state index in [1.54, 1.807) is 0 Å². The molecule has 1 aromatic rings. The molecular formula is C21H30N2O2. The largest absolute Gasteiger partial charge is 0.489 e. The maximum atomic E-state index is 12.7. The number of allylic oxidation sites excluding steroid dienone is 1. The van der Waals surface area contributed by atoms with Crippen LogP contribution in [0.2, 0.25) is 0 Å². The lowest BCUT2D eigenvalue weighted by molar-refractivity contribution is 0.0771. The highest BCUT2D eigenvalue weighted by Gasteiger charge is 2.25. The lowest BCUT2D eigenvalue weighted by Gasteiger charge is -2.32. The van der Waals surface area contributed by atoms with Gasteiger partial charge in [-0.25, -0.2) is 0 Å². The van der Waals surface area contributed by atoms with Gasteiger partial charge in [0.05, 0.1) is 5.56 Å². The van der Waals surface area contributed by atoms with Crippen LogP contribution in [0.15, 0.2) is 35.9 Å². The summed E-state index contributed by atoms with van der Waals surface area (Å²) < 4.78 is 6.26. The first-order valence-corrected chi connectivity index (χ1v) is 9.56. The molecule has 4 nitrogen and oxygen atoms in total. The molecule has 0 atom stereocenters. The van der Waals surface area contributed by atoms with Gasteiger partial charge in [0.25, 0.3) is 5.91 Å². The Kier molecular flexibility index (Phi) is 6.14. The third-order valence-electron chi connectivity index (χ3n) is 5.30. The molecule has 0 aliphatic carbocycles. The summed E-state index contributed by atoms with van der Waals surface area (Å²) in [6.07, 6.45) is 6.64. The highest BCUT2D eigenvalue weighted by molar-refractivity contribution is 5.97. The van der Waals surface area contributed by atoms with Gasteiger partial charge in [-0.15, -0.1) is 0 Å². The van der Waals surface area contributed by atoms with Crippen LogP contribution in [0.25, 0.3) is 0 Å². The third kappa shape index (κ3) is 4.63. The zero-order chi connectivity index (χ0) is 17.6. The Morgan fingerprint density at radius 2 is 1.84 bits per heavy atom. The van der Waals surface area contributed by atoms with Crippen molar-refractivity contribution in [2.75, 3.05) is 32.7 Å². The first-order valence-electron chi connectivity index (χ1n) is 9.56. The minimum Gasteiger partial charge on any atom is -0.489 e. The molecule has 25 heavy (non-hydrogen) atoms. The van der Waals surface area contributed by atoms with Gasteiger partial charge in [-0.1, -0.05) is 23.8 Å². The topological polar surface area (TPSA) is 32.8 Å². The zero-order valence-corrected chi connectivity index (χ0v) is 15.5. The molecule has 2 aliphatic rings. The van der Waals surface area contributed by atoms with E-state index >= 15 is 0 Å². The Hall–Kier alpha value is -1.81. The minimum atomic E-state index is 0.120. The van der Waals surface area contributed by atoms with E-state index in [0.717, 1.165) is 69.7 Å². The molecule has 2 fully saturated rings. The van der Waals surface area contributed by atoms with Crippen molar-refractivity contribution >= 4 is 5.91 Å². The molecule has 2 aliphatic heterocycles. The molecule has 1 amide bonds. The first-order chi connectivity index (χ1) is 12.2. The summed E-state index contributed by atoms with van der Waals surface area (Å²) in [6, 6.07) is 7.74. The number of hydrogen-bond acceptors (Lipinski definition) is 3. The molecule has 4 heteroatoms. The number of rotatable bonds is 5. The van der Waals surface area contributed by atoms with Gasteiger partial charge in [0.2, 0.25) is 0 Å². The number of para-hydroxylation sites is 1. The van der Waals surface area contributed by atoms with E-state index < -0.39 is 0 Å². The normalized spacial score (nSPS) is 20.1. The quantitative estimate of drug-likeness (QED) is 0.764. The third-order valence-corrected chi connectivity index (χ3v) is 5.30. The number of benzene rings is 1. The van der Waals surface area contributed by atoms with Crippen LogP contribution in [0.5, 0.6) is 5.75 Å². The second kappa shape index (κ2) is 8.52. The molecule has 136 valence electrons. The van der Waals surface area contributed by atoms with Gasteiger partial charge in [-0.2, -0.15) is 0 Å². The number of nitrogens with zero attached hydrogens (tertiary/aromatic N) is 2. The van der Waals surface area contributed by atoms with Gasteiger partial charge in [0.15, 0.2) is 0 Å². The lowest BCUT2D eigenvalue weighted by Crippen LogP contribution is -2.39. The zero-order valence-electron chi connectivity index (χ0n) is 15.5. The van der Waals surface area contributed by atoms with Crippen LogP contribution in [0.4, 0.5) is 0 Å². The Balaban J connectivity index is 1.59. The van der Waals surface area contributed by atoms with Crippen LogP contribution in [0, 0.1) is 0 Å². The molecule has 3 rings (SSSR count). The number of piperidine rings is 1. The summed E-state index contributed by atoms with van der Waals surface area (Å²) in [5, 5.41) is 0. The monoisotopic (exact) mass is 342 g/mol. The fraction of sp³-hybridized carbons (Fsp3) is 0.571. The van der Waals surface area contributed by atoms with E-state index in [1.165, 1.54) is 5.57 Å². The summed E-state index contributed by atoms with van der Waals surface area (Å²) in [7, 11) is 0. The van der Waals surface area contributed by atoms with Crippen molar-refractivity contribution < 1.29 is 9.53 Å². The summed E-state index contributed by atoms with van der Waals surface area (Å²) in [4.78, 5) is 17.2. The summed E-state index contributed by atoms with van der Waals surface area (Å²) in [5.41, 5.74) is 2.14. The van der Waals surface area contributed by atoms with Crippen molar-refractivity contribution in [1.82, 2.24) is 9.80 Å². The fourth-order valence-corrected chi connectivity index (χ4v) is 3.65. The number of carbonyl (C=O) groups is 1. The smallest absolute Gasteiger partial charge is 0.257 e. The van der Waals surface area contributed by atoms with Gasteiger partial charge in [-0.3, -0.25) is 9.69 Å². The number of ether oxygens (including phenoxy) is 1. The highest BCUT2D eigenvalue weighted by Crippen LogP contribution is 2.25. The Morgan fingerprint density at radius 3 is 2.52 bits per heavy atom. The second-order valence-corrected chi connectivity index (χ2v) is 7.22. The fourth-order valence-electron chi connectivity index (χ4n) is 3.65. The van der Waals surface area contributed by atoms with E-state index in [-0.39, 0.29) is 12.0 Å². The summed E-state index contributed by atoms with van der Waals surface area (Å²) in [6.45, 7) is 9.18. The van der Waals surface area contributed by atoms with E-state index in [0.29, 0.717) is 0 Å². The average Bonchev–Trinajstić information content (AvgIpc) is 3.18. The van der Waals surface area contributed by atoms with Crippen molar-refractivity contribution in [2.24, 2.45) is 0 Å². The van der Waals surface area contributed by atoms with Gasteiger partial charge >= 0.3 is 0 Å². The highest BCUT2D eigenvalue weighted by atomic mass is 16.5. The van der Waals surface area contributed by atoms with E-state index in [4.69, 9.17) is 4.74 Å². The van der Waals surface area contributed by atoms with E-state index in [9.17, 15) is 4.79 Å². The van der Waals surface area contributed by atoms with Gasteiger partial charge in [-0.05, 0) is 51.7 Å². The Morgan fingerprint density at radius 1 is 1.16 bits per heavy atom. The van der Waals surface area contributed by atoms with Gasteiger partial charge in [0.1, 0.15) is 11.9 Å². The predicted octanol–water partition coefficient (Wildman–Crippen LogP) is 3.73. The molecule has 0 bridgehead atoms. The molecule has 0 aromatic heterocycles. The summed E-state index contributed by atoms with van der Waals surface area (Å²) >= 11 is 0. The van der Waals surface area contributed by atoms with Crippen LogP contribution in [0.1, 0.15) is 49.9 Å². The molecule has 0 unspecified atom stereocenters. The van der Waals surface area contributed by atoms with Crippen molar-refractivity contribution in [3.63, 3.8) is 0 Å². The number of hydrogen-bond donors (Lipinski definition) is 0. The van der Waals surface area contributed by atoms with Crippen LogP contribution in [0.3, 0.4) is 0 Å². The van der Waals surface area contributed by atoms with Gasteiger partial charge < -0.3 is 9.64 Å². The molecular weight excluding hydrogens is 312 g/mol. The second-order valence-electron chi connectivity index (χ2n) is 7.22. The molecule has 0 radical (unpaired) electrons. The predicted molar refractivity (Wildman–Crippen MR) is 101 cm³/mol. The maximum absolute atomic E-state index is 12.7. The number of carbonyl (C=O) groups excluding carboxylic acids is 1. The molecule has 2 saturated heterocycles. The minimum absolute atomic E-state index is 0.120. The average molecular weight is 342 g/mol. The molecule has 0 N–H and O–H groups in total. The molecule has 1 aromatic carbocycles. The number of likely N-dealkylation sites (tertiary alicyclic amines) is 2. The SMILES string of the molecule is C/C=C(\C)CN1CCC(Oc2ccccc2C(=O)N2CCCC2)CC1. The van der Waals surface area contributed by atoms with Crippen molar-refractivity contribution in [2.45, 2.75) is 45.6 Å². The van der Waals surface area contributed by atoms with Crippen molar-refractivity contribution in [1.29, 1.82) is 0 Å². The van der Waals surface area contributed by atoms with Crippen LogP contribution in [-0.2, 0) is 0 Å². The number of amides is 1. The van der Waals surface area contributed by atoms with E-state index in [1.807, 2.05) is 29.2 Å². The maximum Gasteiger partial charge on any atom is 0.257 e. The van der Waals surface area contributed by atoms with E-state index in [2.05, 4.69) is 24.8 Å². The standard InChI is InChI=1S/C21H30N2O2/c1-3-17(2)16-22-14-10-18(11-15-22)25-20-9-5-4-8-19(20)21(24)23-12-6-7-13-23/h3-5,8-9,18H,6-7,10-16H2,1-2H3/b17-3+. The van der Waals surface area contributed by atoms with Crippen LogP contribution < -0.4 is 4.74 Å². The summed E-state index contributed by atoms with van der Waals surface area (Å²) in [5.74, 6) is 0.872. The molecule has 0 saturated carbocycles. The Labute approximate surface area is 151 Å². The van der Waals surface area contributed by atoms with Crippen LogP contribution >= 0.6 is 0 Å². The van der Waals surface area contributed by atoms with Crippen LogP contribution in [-0.4, -0.2) is 54.5 Å². The Bertz CT molecular complexity index is 612. The van der Waals surface area contributed by atoms with Crippen molar-refractivity contribution in [3.8, 4) is 5.75 Å². The van der Waals surface area contributed by atoms with Crippen molar-refractivity contribution in [3.05, 3.63) is 41.5 Å². The molecule has 0 spiro atoms. The first kappa shape index (κ1) is 18.0.